The third-order valence-electron chi connectivity index (χ3n) is 1.37. The minimum absolute atomic E-state index is 0.219. The van der Waals surface area contributed by atoms with Gasteiger partial charge in [0.2, 0.25) is 0 Å². The Balaban J connectivity index is 4.00. The highest BCUT2D eigenvalue weighted by atomic mass is 16.6. The molecule has 0 amide bonds. The van der Waals surface area contributed by atoms with Gasteiger partial charge >= 0.3 is 5.97 Å². The summed E-state index contributed by atoms with van der Waals surface area (Å²) in [6, 6.07) is -0.976. The third kappa shape index (κ3) is 3.66. The van der Waals surface area contributed by atoms with Gasteiger partial charge in [0.1, 0.15) is 11.6 Å². The molecule has 0 aromatic heterocycles. The van der Waals surface area contributed by atoms with Crippen LogP contribution in [0.2, 0.25) is 0 Å². The fourth-order valence-electron chi connectivity index (χ4n) is 0.464. The first-order valence-corrected chi connectivity index (χ1v) is 3.72. The fourth-order valence-corrected chi connectivity index (χ4v) is 0.464. The SMILES string of the molecule is CC(C)(CN)OC(=O)[C@@H](N)CO. The van der Waals surface area contributed by atoms with E-state index < -0.39 is 24.2 Å². The van der Waals surface area contributed by atoms with Crippen molar-refractivity contribution in [3.8, 4) is 0 Å². The average molecular weight is 176 g/mol. The number of ether oxygens (including phenoxy) is 1. The van der Waals surface area contributed by atoms with Gasteiger partial charge in [-0.05, 0) is 13.8 Å². The maximum absolute atomic E-state index is 11.0. The molecule has 0 unspecified atom stereocenters. The molecule has 0 aromatic rings. The van der Waals surface area contributed by atoms with Gasteiger partial charge in [-0.3, -0.25) is 4.79 Å². The van der Waals surface area contributed by atoms with Gasteiger partial charge in [0.25, 0.3) is 0 Å². The number of hydrogen-bond donors (Lipinski definition) is 3. The minimum atomic E-state index is -0.976. The molecule has 0 bridgehead atoms. The molecule has 0 aliphatic rings. The lowest BCUT2D eigenvalue weighted by atomic mass is 10.1. The quantitative estimate of drug-likeness (QED) is 0.457. The van der Waals surface area contributed by atoms with E-state index in [1.807, 2.05) is 0 Å². The lowest BCUT2D eigenvalue weighted by Crippen LogP contribution is -2.43. The highest BCUT2D eigenvalue weighted by molar-refractivity contribution is 5.76. The lowest BCUT2D eigenvalue weighted by molar-refractivity contribution is -0.158. The second-order valence-corrected chi connectivity index (χ2v) is 3.17. The van der Waals surface area contributed by atoms with Crippen molar-refractivity contribution < 1.29 is 14.6 Å². The topological polar surface area (TPSA) is 98.6 Å². The van der Waals surface area contributed by atoms with Gasteiger partial charge in [0, 0.05) is 6.54 Å². The van der Waals surface area contributed by atoms with Crippen molar-refractivity contribution in [1.29, 1.82) is 0 Å². The van der Waals surface area contributed by atoms with Gasteiger partial charge in [0.05, 0.1) is 6.61 Å². The number of esters is 1. The molecule has 0 saturated heterocycles. The van der Waals surface area contributed by atoms with Crippen LogP contribution in [0.5, 0.6) is 0 Å². The van der Waals surface area contributed by atoms with Gasteiger partial charge in [-0.25, -0.2) is 0 Å². The number of hydrogen-bond acceptors (Lipinski definition) is 5. The highest BCUT2D eigenvalue weighted by Crippen LogP contribution is 2.07. The molecular formula is C7H16N2O3. The Kier molecular flexibility index (Phi) is 4.16. The number of aliphatic hydroxyl groups is 1. The van der Waals surface area contributed by atoms with Crippen molar-refractivity contribution in [2.75, 3.05) is 13.2 Å². The summed E-state index contributed by atoms with van der Waals surface area (Å²) in [7, 11) is 0. The van der Waals surface area contributed by atoms with Crippen LogP contribution in [0.15, 0.2) is 0 Å². The maximum Gasteiger partial charge on any atom is 0.325 e. The summed E-state index contributed by atoms with van der Waals surface area (Å²) in [6.45, 7) is 3.15. The van der Waals surface area contributed by atoms with E-state index in [4.69, 9.17) is 21.3 Å². The number of nitrogens with two attached hydrogens (primary N) is 2. The zero-order chi connectivity index (χ0) is 9.78. The van der Waals surface area contributed by atoms with Crippen LogP contribution in [0.3, 0.4) is 0 Å². The van der Waals surface area contributed by atoms with E-state index in [-0.39, 0.29) is 6.54 Å². The number of rotatable bonds is 4. The number of carbonyl (C=O) groups excluding carboxylic acids is 1. The van der Waals surface area contributed by atoms with Gasteiger partial charge in [-0.15, -0.1) is 0 Å². The molecule has 5 nitrogen and oxygen atoms in total. The molecule has 0 heterocycles. The first-order valence-electron chi connectivity index (χ1n) is 3.72. The molecule has 5 heteroatoms. The predicted molar refractivity (Wildman–Crippen MR) is 44.3 cm³/mol. The van der Waals surface area contributed by atoms with E-state index in [1.165, 1.54) is 0 Å². The van der Waals surface area contributed by atoms with E-state index in [0.717, 1.165) is 0 Å². The van der Waals surface area contributed by atoms with Crippen LogP contribution < -0.4 is 11.5 Å². The van der Waals surface area contributed by atoms with Crippen molar-refractivity contribution in [2.24, 2.45) is 11.5 Å². The summed E-state index contributed by atoms with van der Waals surface area (Å²) >= 11 is 0. The summed E-state index contributed by atoms with van der Waals surface area (Å²) in [5, 5.41) is 8.52. The molecule has 1 atom stereocenters. The zero-order valence-electron chi connectivity index (χ0n) is 7.41. The second-order valence-electron chi connectivity index (χ2n) is 3.17. The molecule has 0 aliphatic heterocycles. The maximum atomic E-state index is 11.0. The smallest absolute Gasteiger partial charge is 0.325 e. The molecule has 0 fully saturated rings. The standard InChI is InChI=1S/C7H16N2O3/c1-7(2,4-8)12-6(11)5(9)3-10/h5,10H,3-4,8-9H2,1-2H3/t5-/m0/s1. The highest BCUT2D eigenvalue weighted by Gasteiger charge is 2.24. The molecule has 0 spiro atoms. The van der Waals surface area contributed by atoms with Gasteiger partial charge < -0.3 is 21.3 Å². The Morgan fingerprint density at radius 1 is 1.67 bits per heavy atom. The first kappa shape index (κ1) is 11.4. The summed E-state index contributed by atoms with van der Waals surface area (Å²) in [4.78, 5) is 11.0. The van der Waals surface area contributed by atoms with Crippen LogP contribution in [0.25, 0.3) is 0 Å². The predicted octanol–water partition coefficient (Wildman–Crippen LogP) is -1.41. The van der Waals surface area contributed by atoms with Crippen LogP contribution in [0.4, 0.5) is 0 Å². The first-order chi connectivity index (χ1) is 5.43. The van der Waals surface area contributed by atoms with E-state index in [2.05, 4.69) is 0 Å². The lowest BCUT2D eigenvalue weighted by Gasteiger charge is -2.24. The summed E-state index contributed by atoms with van der Waals surface area (Å²) in [5.74, 6) is -0.632. The molecular weight excluding hydrogens is 160 g/mol. The molecule has 0 saturated carbocycles. The van der Waals surface area contributed by atoms with E-state index in [0.29, 0.717) is 0 Å². The Labute approximate surface area is 71.7 Å². The van der Waals surface area contributed by atoms with Crippen molar-refractivity contribution in [3.05, 3.63) is 0 Å². The number of aliphatic hydroxyl groups excluding tert-OH is 1. The normalized spacial score (nSPS) is 14.1. The van der Waals surface area contributed by atoms with Crippen LogP contribution in [0.1, 0.15) is 13.8 Å². The van der Waals surface area contributed by atoms with Crippen LogP contribution in [-0.4, -0.2) is 35.9 Å². The Morgan fingerprint density at radius 2 is 2.17 bits per heavy atom. The second kappa shape index (κ2) is 4.39. The van der Waals surface area contributed by atoms with Crippen molar-refractivity contribution in [2.45, 2.75) is 25.5 Å². The van der Waals surface area contributed by atoms with Crippen LogP contribution in [-0.2, 0) is 9.53 Å². The summed E-state index contributed by atoms with van der Waals surface area (Å²) < 4.78 is 4.89. The van der Waals surface area contributed by atoms with Gasteiger partial charge in [-0.1, -0.05) is 0 Å². The number of carbonyl (C=O) groups is 1. The summed E-state index contributed by atoms with van der Waals surface area (Å²) in [5.41, 5.74) is 9.81. The Hall–Kier alpha value is -0.650. The monoisotopic (exact) mass is 176 g/mol. The zero-order valence-corrected chi connectivity index (χ0v) is 7.41. The molecule has 72 valence electrons. The Morgan fingerprint density at radius 3 is 2.50 bits per heavy atom. The minimum Gasteiger partial charge on any atom is -0.457 e. The molecule has 12 heavy (non-hydrogen) atoms. The van der Waals surface area contributed by atoms with E-state index in [1.54, 1.807) is 13.8 Å². The molecule has 0 aliphatic carbocycles. The Bertz CT molecular complexity index is 159. The van der Waals surface area contributed by atoms with Crippen molar-refractivity contribution in [3.63, 3.8) is 0 Å². The van der Waals surface area contributed by atoms with E-state index in [9.17, 15) is 4.79 Å². The van der Waals surface area contributed by atoms with Crippen LogP contribution >= 0.6 is 0 Å². The van der Waals surface area contributed by atoms with Gasteiger partial charge in [-0.2, -0.15) is 0 Å². The van der Waals surface area contributed by atoms with Crippen molar-refractivity contribution in [1.82, 2.24) is 0 Å². The molecule has 0 radical (unpaired) electrons. The third-order valence-corrected chi connectivity index (χ3v) is 1.37. The largest absolute Gasteiger partial charge is 0.457 e. The fraction of sp³-hybridized carbons (Fsp3) is 0.857. The van der Waals surface area contributed by atoms with E-state index >= 15 is 0 Å². The van der Waals surface area contributed by atoms with Gasteiger partial charge in [0.15, 0.2) is 0 Å². The van der Waals surface area contributed by atoms with Crippen molar-refractivity contribution >= 4 is 5.97 Å². The molecule has 0 rings (SSSR count). The molecule has 5 N–H and O–H groups in total. The summed E-state index contributed by atoms with van der Waals surface area (Å²) in [6.07, 6.45) is 0. The molecule has 0 aromatic carbocycles. The van der Waals surface area contributed by atoms with Crippen LogP contribution in [0, 0.1) is 0 Å². The average Bonchev–Trinajstić information content (AvgIpc) is 2.02.